The number of nitrogens with two attached hydrogens (primary N) is 1. The van der Waals surface area contributed by atoms with Crippen molar-refractivity contribution in [2.75, 3.05) is 26.2 Å². The molecule has 152 valence electrons. The third-order valence-corrected chi connectivity index (χ3v) is 5.37. The molecule has 2 atom stereocenters. The largest absolute Gasteiger partial charge is 0.494 e. The van der Waals surface area contributed by atoms with Crippen LogP contribution in [-0.4, -0.2) is 37.0 Å². The van der Waals surface area contributed by atoms with Crippen LogP contribution in [0.5, 0.6) is 5.75 Å². The second-order valence-electron chi connectivity index (χ2n) is 7.43. The minimum atomic E-state index is 0. The minimum absolute atomic E-state index is 0. The zero-order valence-electron chi connectivity index (χ0n) is 16.5. The number of ether oxygens (including phenoxy) is 1. The van der Waals surface area contributed by atoms with Crippen LogP contribution in [0.1, 0.15) is 36.3 Å². The Morgan fingerprint density at radius 1 is 1.11 bits per heavy atom. The van der Waals surface area contributed by atoms with Gasteiger partial charge in [-0.3, -0.25) is 4.79 Å². The molecule has 0 saturated carbocycles. The standard InChI is InChI=1S/C23H30N2O2.ClH/c1-18-8-7-11-21(14-18)27-13-6-5-12-23(26)25-16-20(15-24)22(17-25)19-9-3-2-4-10-19;/h2-4,7-11,14,20,22H,5-6,12-13,15-17,24H2,1H3;1H/t20-,22+;/m1./s1. The van der Waals surface area contributed by atoms with Gasteiger partial charge >= 0.3 is 0 Å². The van der Waals surface area contributed by atoms with Gasteiger partial charge in [0.1, 0.15) is 5.75 Å². The van der Waals surface area contributed by atoms with Gasteiger partial charge in [-0.05, 0) is 55.5 Å². The molecule has 4 nitrogen and oxygen atoms in total. The second kappa shape index (κ2) is 11.1. The number of likely N-dealkylation sites (tertiary alicyclic amines) is 1. The number of hydrogen-bond acceptors (Lipinski definition) is 3. The van der Waals surface area contributed by atoms with Crippen molar-refractivity contribution >= 4 is 18.3 Å². The van der Waals surface area contributed by atoms with Crippen molar-refractivity contribution in [1.29, 1.82) is 0 Å². The molecule has 1 amide bonds. The molecule has 0 aliphatic carbocycles. The quantitative estimate of drug-likeness (QED) is 0.674. The van der Waals surface area contributed by atoms with Crippen LogP contribution in [0, 0.1) is 12.8 Å². The molecule has 1 aliphatic heterocycles. The van der Waals surface area contributed by atoms with E-state index in [4.69, 9.17) is 10.5 Å². The zero-order valence-corrected chi connectivity index (χ0v) is 17.4. The number of nitrogens with zero attached hydrogens (tertiary/aromatic N) is 1. The molecule has 1 fully saturated rings. The smallest absolute Gasteiger partial charge is 0.222 e. The lowest BCUT2D eigenvalue weighted by molar-refractivity contribution is -0.130. The van der Waals surface area contributed by atoms with Crippen LogP contribution in [0.4, 0.5) is 0 Å². The zero-order chi connectivity index (χ0) is 19.1. The fraction of sp³-hybridized carbons (Fsp3) is 0.435. The van der Waals surface area contributed by atoms with E-state index in [2.05, 4.69) is 37.3 Å². The Bertz CT molecular complexity index is 738. The molecule has 3 rings (SSSR count). The number of rotatable bonds is 8. The Hall–Kier alpha value is -2.04. The van der Waals surface area contributed by atoms with Crippen LogP contribution in [0.15, 0.2) is 54.6 Å². The van der Waals surface area contributed by atoms with E-state index in [1.54, 1.807) is 0 Å². The Balaban J connectivity index is 0.00000280. The molecule has 0 radical (unpaired) electrons. The molecule has 1 aliphatic rings. The van der Waals surface area contributed by atoms with Crippen molar-refractivity contribution in [3.63, 3.8) is 0 Å². The molecular formula is C23H31ClN2O2. The number of carbonyl (C=O) groups excluding carboxylic acids is 1. The number of carbonyl (C=O) groups is 1. The SMILES string of the molecule is Cc1cccc(OCCCCC(=O)N2C[C@@H](CN)[C@H](c3ccccc3)C2)c1.Cl. The third kappa shape index (κ3) is 5.98. The van der Waals surface area contributed by atoms with Gasteiger partial charge in [0.2, 0.25) is 5.91 Å². The normalized spacial score (nSPS) is 18.6. The van der Waals surface area contributed by atoms with E-state index in [0.717, 1.165) is 31.7 Å². The number of aryl methyl sites for hydroxylation is 1. The van der Waals surface area contributed by atoms with Gasteiger partial charge in [0.05, 0.1) is 6.61 Å². The maximum atomic E-state index is 12.6. The predicted molar refractivity (Wildman–Crippen MR) is 116 cm³/mol. The fourth-order valence-electron chi connectivity index (χ4n) is 3.82. The molecule has 1 saturated heterocycles. The molecule has 0 aromatic heterocycles. The lowest BCUT2D eigenvalue weighted by atomic mass is 9.89. The van der Waals surface area contributed by atoms with Gasteiger partial charge in [-0.1, -0.05) is 42.5 Å². The van der Waals surface area contributed by atoms with Crippen molar-refractivity contribution in [3.05, 3.63) is 65.7 Å². The molecule has 0 unspecified atom stereocenters. The third-order valence-electron chi connectivity index (χ3n) is 5.37. The number of amides is 1. The van der Waals surface area contributed by atoms with Crippen molar-refractivity contribution in [3.8, 4) is 5.75 Å². The van der Waals surface area contributed by atoms with E-state index in [9.17, 15) is 4.79 Å². The number of unbranched alkanes of at least 4 members (excludes halogenated alkanes) is 1. The van der Waals surface area contributed by atoms with Crippen LogP contribution in [-0.2, 0) is 4.79 Å². The average molecular weight is 403 g/mol. The number of benzene rings is 2. The molecule has 2 aromatic rings. The summed E-state index contributed by atoms with van der Waals surface area (Å²) in [7, 11) is 0. The topological polar surface area (TPSA) is 55.6 Å². The van der Waals surface area contributed by atoms with Gasteiger partial charge < -0.3 is 15.4 Å². The van der Waals surface area contributed by atoms with Crippen molar-refractivity contribution < 1.29 is 9.53 Å². The average Bonchev–Trinajstić information content (AvgIpc) is 3.13. The van der Waals surface area contributed by atoms with Crippen LogP contribution in [0.25, 0.3) is 0 Å². The monoisotopic (exact) mass is 402 g/mol. The van der Waals surface area contributed by atoms with Gasteiger partial charge in [0.15, 0.2) is 0 Å². The highest BCUT2D eigenvalue weighted by molar-refractivity contribution is 5.85. The van der Waals surface area contributed by atoms with Crippen molar-refractivity contribution in [1.82, 2.24) is 4.90 Å². The summed E-state index contributed by atoms with van der Waals surface area (Å²) in [6.07, 6.45) is 2.32. The highest BCUT2D eigenvalue weighted by Crippen LogP contribution is 2.32. The van der Waals surface area contributed by atoms with Gasteiger partial charge in [-0.2, -0.15) is 0 Å². The highest BCUT2D eigenvalue weighted by Gasteiger charge is 2.34. The summed E-state index contributed by atoms with van der Waals surface area (Å²) in [5.74, 6) is 1.84. The first-order chi connectivity index (χ1) is 13.2. The molecule has 5 heteroatoms. The maximum absolute atomic E-state index is 12.6. The molecule has 2 aromatic carbocycles. The van der Waals surface area contributed by atoms with Gasteiger partial charge in [-0.25, -0.2) is 0 Å². The minimum Gasteiger partial charge on any atom is -0.494 e. The summed E-state index contributed by atoms with van der Waals surface area (Å²) < 4.78 is 5.76. The van der Waals surface area contributed by atoms with Crippen LogP contribution in [0.2, 0.25) is 0 Å². The van der Waals surface area contributed by atoms with Gasteiger partial charge in [-0.15, -0.1) is 12.4 Å². The molecule has 2 N–H and O–H groups in total. The lowest BCUT2D eigenvalue weighted by Gasteiger charge is -2.17. The molecular weight excluding hydrogens is 372 g/mol. The van der Waals surface area contributed by atoms with Gasteiger partial charge in [0.25, 0.3) is 0 Å². The Kier molecular flexibility index (Phi) is 8.81. The van der Waals surface area contributed by atoms with E-state index in [1.165, 1.54) is 11.1 Å². The van der Waals surface area contributed by atoms with E-state index >= 15 is 0 Å². The number of halogens is 1. The second-order valence-corrected chi connectivity index (χ2v) is 7.43. The summed E-state index contributed by atoms with van der Waals surface area (Å²) in [5, 5.41) is 0. The van der Waals surface area contributed by atoms with Crippen molar-refractivity contribution in [2.24, 2.45) is 11.7 Å². The molecule has 1 heterocycles. The van der Waals surface area contributed by atoms with E-state index in [-0.39, 0.29) is 18.3 Å². The lowest BCUT2D eigenvalue weighted by Crippen LogP contribution is -2.29. The predicted octanol–water partition coefficient (Wildman–Crippen LogP) is 4.17. The van der Waals surface area contributed by atoms with Crippen LogP contribution in [0.3, 0.4) is 0 Å². The Labute approximate surface area is 174 Å². The fourth-order valence-corrected chi connectivity index (χ4v) is 3.82. The summed E-state index contributed by atoms with van der Waals surface area (Å²) in [6.45, 7) is 4.88. The van der Waals surface area contributed by atoms with E-state index in [1.807, 2.05) is 29.2 Å². The molecule has 28 heavy (non-hydrogen) atoms. The van der Waals surface area contributed by atoms with E-state index < -0.39 is 0 Å². The summed E-state index contributed by atoms with van der Waals surface area (Å²) in [6, 6.07) is 18.5. The first-order valence-electron chi connectivity index (χ1n) is 9.89. The molecule has 0 spiro atoms. The summed E-state index contributed by atoms with van der Waals surface area (Å²) in [4.78, 5) is 14.6. The first-order valence-corrected chi connectivity index (χ1v) is 9.89. The Morgan fingerprint density at radius 2 is 1.89 bits per heavy atom. The number of hydrogen-bond donors (Lipinski definition) is 1. The highest BCUT2D eigenvalue weighted by atomic mass is 35.5. The summed E-state index contributed by atoms with van der Waals surface area (Å²) >= 11 is 0. The van der Waals surface area contributed by atoms with E-state index in [0.29, 0.717) is 31.4 Å². The van der Waals surface area contributed by atoms with Gasteiger partial charge in [0, 0.05) is 25.4 Å². The summed E-state index contributed by atoms with van der Waals surface area (Å²) in [5.41, 5.74) is 8.46. The van der Waals surface area contributed by atoms with Crippen LogP contribution < -0.4 is 10.5 Å². The first kappa shape index (κ1) is 22.3. The van der Waals surface area contributed by atoms with Crippen LogP contribution >= 0.6 is 12.4 Å². The molecule has 0 bridgehead atoms. The Morgan fingerprint density at radius 3 is 2.61 bits per heavy atom. The van der Waals surface area contributed by atoms with Crippen molar-refractivity contribution in [2.45, 2.75) is 32.1 Å². The maximum Gasteiger partial charge on any atom is 0.222 e.